The molecule has 2 atom stereocenters. The number of carbonyl (C=O) groups excluding carboxylic acids is 3. The van der Waals surface area contributed by atoms with Gasteiger partial charge in [0.15, 0.2) is 0 Å². The van der Waals surface area contributed by atoms with Crippen LogP contribution in [0.4, 0.5) is 0 Å². The quantitative estimate of drug-likeness (QED) is 0.445. The predicted octanol–water partition coefficient (Wildman–Crippen LogP) is 1.36. The zero-order chi connectivity index (χ0) is 14.8. The number of methoxy groups -OCH3 is 1. The zero-order valence-corrected chi connectivity index (χ0v) is 12.2. The molecule has 0 N–H and O–H groups in total. The molecule has 1 rings (SSSR count). The van der Waals surface area contributed by atoms with E-state index >= 15 is 0 Å². The monoisotopic (exact) mass is 312 g/mol. The summed E-state index contributed by atoms with van der Waals surface area (Å²) in [6.45, 7) is 2.31. The van der Waals surface area contributed by atoms with Gasteiger partial charge >= 0.3 is 17.9 Å². The first-order chi connectivity index (χ1) is 8.67. The van der Waals surface area contributed by atoms with E-state index in [0.717, 1.165) is 14.0 Å². The summed E-state index contributed by atoms with van der Waals surface area (Å²) in [6, 6.07) is 0. The van der Waals surface area contributed by atoms with Crippen LogP contribution in [0.3, 0.4) is 0 Å². The van der Waals surface area contributed by atoms with E-state index in [1.54, 1.807) is 0 Å². The van der Waals surface area contributed by atoms with Crippen LogP contribution in [0.2, 0.25) is 0 Å². The summed E-state index contributed by atoms with van der Waals surface area (Å²) in [5.74, 6) is -2.22. The van der Waals surface area contributed by atoms with E-state index < -0.39 is 33.9 Å². The number of hydrogen-bond donors (Lipinski definition) is 0. The fourth-order valence-electron chi connectivity index (χ4n) is 2.08. The number of esters is 3. The number of halogens is 2. The number of alkyl halides is 2. The third kappa shape index (κ3) is 2.79. The summed E-state index contributed by atoms with van der Waals surface area (Å²) in [4.78, 5) is 34.1. The highest BCUT2D eigenvalue weighted by molar-refractivity contribution is 6.51. The van der Waals surface area contributed by atoms with Gasteiger partial charge in [0.1, 0.15) is 6.10 Å². The molecule has 0 spiro atoms. The molecular weight excluding hydrogens is 299 g/mol. The minimum absolute atomic E-state index is 0.00417. The Morgan fingerprint density at radius 1 is 1.16 bits per heavy atom. The average molecular weight is 313 g/mol. The minimum Gasteiger partial charge on any atom is -0.466 e. The molecule has 0 unspecified atom stereocenters. The Morgan fingerprint density at radius 2 is 1.74 bits per heavy atom. The summed E-state index contributed by atoms with van der Waals surface area (Å²) >= 11 is 12.3. The molecule has 1 aliphatic carbocycles. The van der Waals surface area contributed by atoms with Gasteiger partial charge in [-0.25, -0.2) is 4.79 Å². The van der Waals surface area contributed by atoms with Crippen LogP contribution < -0.4 is 0 Å². The number of hydrogen-bond acceptors (Lipinski definition) is 6. The molecule has 6 nitrogen and oxygen atoms in total. The molecule has 0 aromatic rings. The van der Waals surface area contributed by atoms with Crippen molar-refractivity contribution < 1.29 is 28.6 Å². The predicted molar refractivity (Wildman–Crippen MR) is 65.7 cm³/mol. The molecule has 8 heteroatoms. The Hall–Kier alpha value is -1.01. The van der Waals surface area contributed by atoms with Gasteiger partial charge in [0.05, 0.1) is 7.11 Å². The highest BCUT2D eigenvalue weighted by Crippen LogP contribution is 2.52. The topological polar surface area (TPSA) is 78.9 Å². The molecule has 0 aromatic carbocycles. The van der Waals surface area contributed by atoms with E-state index in [4.69, 9.17) is 32.7 Å². The van der Waals surface area contributed by atoms with Crippen LogP contribution >= 0.6 is 23.2 Å². The van der Waals surface area contributed by atoms with Gasteiger partial charge in [-0.1, -0.05) is 23.2 Å². The summed E-state index contributed by atoms with van der Waals surface area (Å²) in [5, 5.41) is 0. The van der Waals surface area contributed by atoms with E-state index in [9.17, 15) is 14.4 Å². The zero-order valence-electron chi connectivity index (χ0n) is 10.7. The van der Waals surface area contributed by atoms with Crippen molar-refractivity contribution in [2.75, 3.05) is 7.11 Å². The van der Waals surface area contributed by atoms with Gasteiger partial charge in [0, 0.05) is 20.3 Å². The third-order valence-electron chi connectivity index (χ3n) is 2.84. The van der Waals surface area contributed by atoms with Crippen molar-refractivity contribution in [1.82, 2.24) is 0 Å². The minimum atomic E-state index is -1.91. The lowest BCUT2D eigenvalue weighted by atomic mass is 10.0. The SMILES string of the molecule is COC(=O)[C@]1(OC(C)=O)CC[C@H](OC(C)=O)C1(Cl)Cl. The first-order valence-corrected chi connectivity index (χ1v) is 6.26. The van der Waals surface area contributed by atoms with Gasteiger partial charge in [-0.3, -0.25) is 9.59 Å². The van der Waals surface area contributed by atoms with Crippen LogP contribution in [-0.2, 0) is 28.6 Å². The molecular formula is C11H14Cl2O6. The van der Waals surface area contributed by atoms with Gasteiger partial charge in [0.25, 0.3) is 0 Å². The summed E-state index contributed by atoms with van der Waals surface area (Å²) < 4.78 is 12.7. The van der Waals surface area contributed by atoms with Crippen LogP contribution in [0, 0.1) is 0 Å². The Kier molecular flexibility index (Phi) is 4.68. The Balaban J connectivity index is 3.15. The lowest BCUT2D eigenvalue weighted by Gasteiger charge is -2.35. The number of rotatable bonds is 3. The average Bonchev–Trinajstić information content (AvgIpc) is 2.51. The van der Waals surface area contributed by atoms with Crippen LogP contribution in [-0.4, -0.2) is 41.1 Å². The standard InChI is InChI=1S/C11H14Cl2O6/c1-6(14)18-8-4-5-10(9(16)17-3,11(8,12)13)19-7(2)15/h8H,4-5H2,1-3H3/t8-,10+/m0/s1. The van der Waals surface area contributed by atoms with Crippen molar-refractivity contribution in [2.45, 2.75) is 42.7 Å². The Bertz CT molecular complexity index is 408. The van der Waals surface area contributed by atoms with E-state index in [1.165, 1.54) is 6.92 Å². The highest BCUT2D eigenvalue weighted by atomic mass is 35.5. The van der Waals surface area contributed by atoms with E-state index in [2.05, 4.69) is 4.74 Å². The molecule has 0 amide bonds. The Morgan fingerprint density at radius 3 is 2.16 bits per heavy atom. The van der Waals surface area contributed by atoms with Gasteiger partial charge in [-0.15, -0.1) is 0 Å². The van der Waals surface area contributed by atoms with Crippen molar-refractivity contribution in [2.24, 2.45) is 0 Å². The fourth-order valence-corrected chi connectivity index (χ4v) is 2.81. The molecule has 19 heavy (non-hydrogen) atoms. The molecule has 0 aliphatic heterocycles. The second-order valence-corrected chi connectivity index (χ2v) is 5.56. The molecule has 0 saturated heterocycles. The summed E-state index contributed by atoms with van der Waals surface area (Å²) in [5.41, 5.74) is -1.88. The summed E-state index contributed by atoms with van der Waals surface area (Å²) in [7, 11) is 1.12. The van der Waals surface area contributed by atoms with Gasteiger partial charge in [-0.2, -0.15) is 0 Å². The molecule has 1 saturated carbocycles. The maximum atomic E-state index is 11.9. The molecule has 1 fully saturated rings. The lowest BCUT2D eigenvalue weighted by Crippen LogP contribution is -2.56. The summed E-state index contributed by atoms with van der Waals surface area (Å²) in [6.07, 6.45) is -0.786. The van der Waals surface area contributed by atoms with E-state index in [-0.39, 0.29) is 12.8 Å². The molecule has 0 aromatic heterocycles. The molecule has 108 valence electrons. The van der Waals surface area contributed by atoms with Crippen LogP contribution in [0.1, 0.15) is 26.7 Å². The maximum absolute atomic E-state index is 11.9. The van der Waals surface area contributed by atoms with Crippen molar-refractivity contribution in [3.8, 4) is 0 Å². The smallest absolute Gasteiger partial charge is 0.353 e. The van der Waals surface area contributed by atoms with Crippen LogP contribution in [0.25, 0.3) is 0 Å². The van der Waals surface area contributed by atoms with Crippen molar-refractivity contribution >= 4 is 41.1 Å². The second kappa shape index (κ2) is 5.54. The first-order valence-electron chi connectivity index (χ1n) is 5.50. The second-order valence-electron chi connectivity index (χ2n) is 4.17. The first kappa shape index (κ1) is 16.0. The van der Waals surface area contributed by atoms with E-state index in [0.29, 0.717) is 0 Å². The van der Waals surface area contributed by atoms with Crippen LogP contribution in [0.15, 0.2) is 0 Å². The molecule has 0 radical (unpaired) electrons. The molecule has 0 bridgehead atoms. The number of ether oxygens (including phenoxy) is 3. The Labute approximate surface area is 120 Å². The van der Waals surface area contributed by atoms with E-state index in [1.807, 2.05) is 0 Å². The van der Waals surface area contributed by atoms with Gasteiger partial charge in [0.2, 0.25) is 9.93 Å². The third-order valence-corrected chi connectivity index (χ3v) is 3.94. The number of carbonyl (C=O) groups is 3. The highest BCUT2D eigenvalue weighted by Gasteiger charge is 2.68. The van der Waals surface area contributed by atoms with Crippen molar-refractivity contribution in [1.29, 1.82) is 0 Å². The normalized spacial score (nSPS) is 28.6. The molecule has 1 aliphatic rings. The molecule has 0 heterocycles. The lowest BCUT2D eigenvalue weighted by molar-refractivity contribution is -0.181. The largest absolute Gasteiger partial charge is 0.466 e. The van der Waals surface area contributed by atoms with Crippen LogP contribution in [0.5, 0.6) is 0 Å². The van der Waals surface area contributed by atoms with Gasteiger partial charge < -0.3 is 14.2 Å². The van der Waals surface area contributed by atoms with Crippen molar-refractivity contribution in [3.63, 3.8) is 0 Å². The fraction of sp³-hybridized carbons (Fsp3) is 0.727. The van der Waals surface area contributed by atoms with Crippen molar-refractivity contribution in [3.05, 3.63) is 0 Å². The van der Waals surface area contributed by atoms with Gasteiger partial charge in [-0.05, 0) is 6.42 Å². The maximum Gasteiger partial charge on any atom is 0.353 e.